The third kappa shape index (κ3) is 6.99. The van der Waals surface area contributed by atoms with Gasteiger partial charge in [0.1, 0.15) is 11.5 Å². The van der Waals surface area contributed by atoms with Gasteiger partial charge in [0.25, 0.3) is 0 Å². The molecular weight excluding hydrogens is 362 g/mol. The van der Waals surface area contributed by atoms with E-state index in [2.05, 4.69) is 15.8 Å². The SMILES string of the molecule is COc1ccccc1NC(=O)N/N=C/c1ccc(OCC(=O)OC(C)C)cc1. The summed E-state index contributed by atoms with van der Waals surface area (Å²) in [6, 6.07) is 13.4. The first-order chi connectivity index (χ1) is 13.5. The molecule has 0 radical (unpaired) electrons. The lowest BCUT2D eigenvalue weighted by molar-refractivity contribution is -0.149. The molecule has 28 heavy (non-hydrogen) atoms. The van der Waals surface area contributed by atoms with E-state index in [1.54, 1.807) is 62.4 Å². The normalized spacial score (nSPS) is 10.6. The number of nitrogens with one attached hydrogen (secondary N) is 2. The predicted molar refractivity (Wildman–Crippen MR) is 106 cm³/mol. The van der Waals surface area contributed by atoms with Crippen LogP contribution in [0.3, 0.4) is 0 Å². The van der Waals surface area contributed by atoms with E-state index in [1.165, 1.54) is 13.3 Å². The summed E-state index contributed by atoms with van der Waals surface area (Å²) in [7, 11) is 1.53. The molecule has 2 amide bonds. The summed E-state index contributed by atoms with van der Waals surface area (Å²) < 4.78 is 15.5. The van der Waals surface area contributed by atoms with Crippen LogP contribution in [0.1, 0.15) is 19.4 Å². The highest BCUT2D eigenvalue weighted by molar-refractivity contribution is 5.91. The van der Waals surface area contributed by atoms with Crippen molar-refractivity contribution >= 4 is 23.9 Å². The topological polar surface area (TPSA) is 98.3 Å². The van der Waals surface area contributed by atoms with Crippen LogP contribution in [0.2, 0.25) is 0 Å². The van der Waals surface area contributed by atoms with Crippen LogP contribution in [0.4, 0.5) is 10.5 Å². The van der Waals surface area contributed by atoms with E-state index < -0.39 is 12.0 Å². The molecule has 0 atom stereocenters. The molecule has 2 aromatic carbocycles. The minimum Gasteiger partial charge on any atom is -0.495 e. The van der Waals surface area contributed by atoms with Gasteiger partial charge in [-0.1, -0.05) is 12.1 Å². The molecule has 0 spiro atoms. The Hall–Kier alpha value is -3.55. The van der Waals surface area contributed by atoms with Crippen molar-refractivity contribution in [3.63, 3.8) is 0 Å². The number of ether oxygens (including phenoxy) is 3. The van der Waals surface area contributed by atoms with E-state index in [4.69, 9.17) is 14.2 Å². The van der Waals surface area contributed by atoms with Crippen molar-refractivity contribution in [1.29, 1.82) is 0 Å². The third-order valence-electron chi connectivity index (χ3n) is 3.34. The van der Waals surface area contributed by atoms with E-state index in [1.807, 2.05) is 0 Å². The molecule has 0 aliphatic rings. The number of nitrogens with zero attached hydrogens (tertiary/aromatic N) is 1. The molecule has 0 saturated carbocycles. The Balaban J connectivity index is 1.80. The number of hydrogen-bond donors (Lipinski definition) is 2. The van der Waals surface area contributed by atoms with Gasteiger partial charge in [-0.2, -0.15) is 5.10 Å². The Morgan fingerprint density at radius 2 is 1.82 bits per heavy atom. The number of para-hydroxylation sites is 2. The Morgan fingerprint density at radius 1 is 1.11 bits per heavy atom. The van der Waals surface area contributed by atoms with Gasteiger partial charge in [0.15, 0.2) is 6.61 Å². The van der Waals surface area contributed by atoms with Crippen molar-refractivity contribution in [3.8, 4) is 11.5 Å². The molecule has 2 N–H and O–H groups in total. The number of esters is 1. The van der Waals surface area contributed by atoms with Gasteiger partial charge in [-0.05, 0) is 55.8 Å². The van der Waals surface area contributed by atoms with Crippen molar-refractivity contribution in [2.24, 2.45) is 5.10 Å². The molecule has 0 bridgehead atoms. The van der Waals surface area contributed by atoms with Gasteiger partial charge in [0.2, 0.25) is 0 Å². The van der Waals surface area contributed by atoms with Gasteiger partial charge >= 0.3 is 12.0 Å². The number of benzene rings is 2. The number of urea groups is 1. The second-order valence-corrected chi connectivity index (χ2v) is 5.92. The number of carbonyl (C=O) groups excluding carboxylic acids is 2. The molecule has 8 nitrogen and oxygen atoms in total. The van der Waals surface area contributed by atoms with Crippen molar-refractivity contribution in [2.75, 3.05) is 19.0 Å². The van der Waals surface area contributed by atoms with Gasteiger partial charge in [-0.25, -0.2) is 15.0 Å². The van der Waals surface area contributed by atoms with E-state index in [9.17, 15) is 9.59 Å². The summed E-state index contributed by atoms with van der Waals surface area (Å²) in [5, 5.41) is 6.53. The molecule has 0 unspecified atom stereocenters. The number of amides is 2. The van der Waals surface area contributed by atoms with Crippen LogP contribution < -0.4 is 20.2 Å². The van der Waals surface area contributed by atoms with Crippen molar-refractivity contribution in [1.82, 2.24) is 5.43 Å². The fraction of sp³-hybridized carbons (Fsp3) is 0.250. The van der Waals surface area contributed by atoms with E-state index >= 15 is 0 Å². The fourth-order valence-corrected chi connectivity index (χ4v) is 2.15. The summed E-state index contributed by atoms with van der Waals surface area (Å²) in [5.41, 5.74) is 3.66. The average Bonchev–Trinajstić information content (AvgIpc) is 2.67. The summed E-state index contributed by atoms with van der Waals surface area (Å²) in [6.45, 7) is 3.39. The Labute approximate surface area is 163 Å². The molecule has 0 saturated heterocycles. The summed E-state index contributed by atoms with van der Waals surface area (Å²) in [5.74, 6) is 0.653. The molecule has 0 aliphatic heterocycles. The number of hydrogen-bond acceptors (Lipinski definition) is 6. The highest BCUT2D eigenvalue weighted by Gasteiger charge is 2.07. The van der Waals surface area contributed by atoms with Crippen LogP contribution in [0.15, 0.2) is 53.6 Å². The summed E-state index contributed by atoms with van der Waals surface area (Å²) in [4.78, 5) is 23.3. The molecule has 0 aliphatic carbocycles. The first kappa shape index (κ1) is 20.8. The number of anilines is 1. The van der Waals surface area contributed by atoms with E-state index in [-0.39, 0.29) is 12.7 Å². The van der Waals surface area contributed by atoms with E-state index in [0.29, 0.717) is 17.2 Å². The Morgan fingerprint density at radius 3 is 2.50 bits per heavy atom. The zero-order valence-corrected chi connectivity index (χ0v) is 16.0. The van der Waals surface area contributed by atoms with E-state index in [0.717, 1.165) is 5.56 Å². The highest BCUT2D eigenvalue weighted by atomic mass is 16.6. The maximum absolute atomic E-state index is 11.9. The second kappa shape index (κ2) is 10.6. The number of rotatable bonds is 8. The monoisotopic (exact) mass is 385 g/mol. The smallest absolute Gasteiger partial charge is 0.344 e. The highest BCUT2D eigenvalue weighted by Crippen LogP contribution is 2.22. The minimum absolute atomic E-state index is 0.156. The van der Waals surface area contributed by atoms with Crippen molar-refractivity contribution in [2.45, 2.75) is 20.0 Å². The zero-order chi connectivity index (χ0) is 20.4. The van der Waals surface area contributed by atoms with Crippen LogP contribution in [0.5, 0.6) is 11.5 Å². The molecular formula is C20H23N3O5. The average molecular weight is 385 g/mol. The van der Waals surface area contributed by atoms with Crippen LogP contribution in [0, 0.1) is 0 Å². The van der Waals surface area contributed by atoms with Crippen LogP contribution >= 0.6 is 0 Å². The van der Waals surface area contributed by atoms with Crippen LogP contribution in [-0.2, 0) is 9.53 Å². The van der Waals surface area contributed by atoms with Crippen LogP contribution in [-0.4, -0.2) is 38.0 Å². The number of methoxy groups -OCH3 is 1. The lowest BCUT2D eigenvalue weighted by Gasteiger charge is -2.09. The van der Waals surface area contributed by atoms with Gasteiger partial charge < -0.3 is 19.5 Å². The molecule has 148 valence electrons. The van der Waals surface area contributed by atoms with Crippen molar-refractivity contribution in [3.05, 3.63) is 54.1 Å². The second-order valence-electron chi connectivity index (χ2n) is 5.92. The largest absolute Gasteiger partial charge is 0.495 e. The molecule has 0 fully saturated rings. The lowest BCUT2D eigenvalue weighted by atomic mass is 10.2. The van der Waals surface area contributed by atoms with Gasteiger partial charge in [0.05, 0.1) is 25.1 Å². The van der Waals surface area contributed by atoms with Gasteiger partial charge in [-0.15, -0.1) is 0 Å². The number of hydrazone groups is 1. The summed E-state index contributed by atoms with van der Waals surface area (Å²) >= 11 is 0. The third-order valence-corrected chi connectivity index (χ3v) is 3.34. The molecule has 2 rings (SSSR count). The lowest BCUT2D eigenvalue weighted by Crippen LogP contribution is -2.24. The minimum atomic E-state index is -0.496. The van der Waals surface area contributed by atoms with Crippen LogP contribution in [0.25, 0.3) is 0 Å². The Bertz CT molecular complexity index is 819. The van der Waals surface area contributed by atoms with Gasteiger partial charge in [0, 0.05) is 0 Å². The number of carbonyl (C=O) groups is 2. The molecule has 8 heteroatoms. The summed E-state index contributed by atoms with van der Waals surface area (Å²) in [6.07, 6.45) is 1.31. The Kier molecular flexibility index (Phi) is 7.83. The molecule has 2 aromatic rings. The predicted octanol–water partition coefficient (Wildman–Crippen LogP) is 3.18. The maximum atomic E-state index is 11.9. The molecule has 0 heterocycles. The van der Waals surface area contributed by atoms with Crippen molar-refractivity contribution < 1.29 is 23.8 Å². The van der Waals surface area contributed by atoms with Gasteiger partial charge in [-0.3, -0.25) is 0 Å². The maximum Gasteiger partial charge on any atom is 0.344 e. The molecule has 0 aromatic heterocycles. The first-order valence-electron chi connectivity index (χ1n) is 8.63. The fourth-order valence-electron chi connectivity index (χ4n) is 2.15. The first-order valence-corrected chi connectivity index (χ1v) is 8.63. The zero-order valence-electron chi connectivity index (χ0n) is 16.0. The quantitative estimate of drug-likeness (QED) is 0.413. The standard InChI is InChI=1S/C20H23N3O5/c1-14(2)28-19(24)13-27-16-10-8-15(9-11-16)12-21-23-20(25)22-17-6-4-5-7-18(17)26-3/h4-12,14H,13H2,1-3H3,(H2,22,23,25)/b21-12+.